The maximum atomic E-state index is 13.5. The third-order valence-electron chi connectivity index (χ3n) is 5.86. The van der Waals surface area contributed by atoms with E-state index in [2.05, 4.69) is 0 Å². The predicted octanol–water partition coefficient (Wildman–Crippen LogP) is 3.94. The van der Waals surface area contributed by atoms with Crippen LogP contribution in [0.1, 0.15) is 94.9 Å². The van der Waals surface area contributed by atoms with Gasteiger partial charge in [0.05, 0.1) is 26.4 Å². The Bertz CT molecular complexity index is 784. The molecule has 0 saturated heterocycles. The van der Waals surface area contributed by atoms with Gasteiger partial charge in [0.25, 0.3) is 0 Å². The molecule has 0 aliphatic heterocycles. The van der Waals surface area contributed by atoms with Crippen molar-refractivity contribution in [1.29, 1.82) is 0 Å². The Morgan fingerprint density at radius 1 is 0.478 bits per heavy atom. The number of nitrogens with two attached hydrogens (primary N) is 1. The molecule has 2 N–H and O–H groups in total. The first-order valence-electron chi connectivity index (χ1n) is 16.6. The minimum atomic E-state index is -2.28. The highest BCUT2D eigenvalue weighted by Crippen LogP contribution is 2.38. The van der Waals surface area contributed by atoms with Gasteiger partial charge in [-0.15, -0.1) is 0 Å². The molecule has 15 nitrogen and oxygen atoms in total. The second-order valence-electron chi connectivity index (χ2n) is 9.43. The normalized spacial score (nSPS) is 15.6. The molecule has 0 fully saturated rings. The highest BCUT2D eigenvalue weighted by Gasteiger charge is 2.64. The summed E-state index contributed by atoms with van der Waals surface area (Å²) >= 11 is 0. The zero-order valence-electron chi connectivity index (χ0n) is 29.8. The molecule has 0 aromatic carbocycles. The van der Waals surface area contributed by atoms with Crippen LogP contribution in [0, 0.1) is 0 Å². The summed E-state index contributed by atoms with van der Waals surface area (Å²) in [7, 11) is 0. The van der Waals surface area contributed by atoms with E-state index in [1.165, 1.54) is 0 Å². The molecular formula is C31H61NO14. The van der Waals surface area contributed by atoms with Crippen molar-refractivity contribution in [3.63, 3.8) is 0 Å². The van der Waals surface area contributed by atoms with Crippen LogP contribution < -0.4 is 5.73 Å². The summed E-state index contributed by atoms with van der Waals surface area (Å²) in [4.78, 5) is 26.8. The largest absolute Gasteiger partial charge is 0.416 e. The zero-order valence-corrected chi connectivity index (χ0v) is 29.8. The van der Waals surface area contributed by atoms with Crippen LogP contribution in [-0.2, 0) is 66.4 Å². The molecule has 2 unspecified atom stereocenters. The summed E-state index contributed by atoms with van der Waals surface area (Å²) < 4.78 is 70.4. The van der Waals surface area contributed by atoms with Crippen LogP contribution in [0.15, 0.2) is 0 Å². The molecule has 15 heteroatoms. The Morgan fingerprint density at radius 2 is 0.783 bits per heavy atom. The van der Waals surface area contributed by atoms with E-state index in [-0.39, 0.29) is 78.9 Å². The van der Waals surface area contributed by atoms with Crippen molar-refractivity contribution in [2.75, 3.05) is 66.1 Å². The number of carbonyl (C=O) groups excluding carboxylic acids is 2. The molecule has 3 atom stereocenters. The Morgan fingerprint density at radius 3 is 1.09 bits per heavy atom. The fraction of sp³-hybridized carbons (Fsp3) is 0.935. The topological polar surface area (TPSA) is 171 Å². The molecule has 274 valence electrons. The van der Waals surface area contributed by atoms with Crippen molar-refractivity contribution in [2.45, 2.75) is 125 Å². The van der Waals surface area contributed by atoms with E-state index in [0.29, 0.717) is 12.8 Å². The van der Waals surface area contributed by atoms with Gasteiger partial charge in [-0.2, -0.15) is 0 Å². The van der Waals surface area contributed by atoms with Crippen LogP contribution in [0.2, 0.25) is 0 Å². The molecule has 0 spiro atoms. The first-order chi connectivity index (χ1) is 22.0. The van der Waals surface area contributed by atoms with Gasteiger partial charge in [-0.25, -0.2) is 0 Å². The molecular weight excluding hydrogens is 610 g/mol. The third-order valence-corrected chi connectivity index (χ3v) is 5.86. The van der Waals surface area contributed by atoms with Crippen LogP contribution in [-0.4, -0.2) is 108 Å². The van der Waals surface area contributed by atoms with Crippen molar-refractivity contribution in [3.8, 4) is 0 Å². The standard InChI is InChI=1S/C31H61NO14/c1-11-23-43-30(41-19-9,28(35-13-3,36-14-4)37-15-5)45-26(33)22-21-25(32)27(34)46-31(42-20-10,44-24-12-2)29(38-16-6,39-17-7)40-18-8/h25H,11-24,32H2,1-10H3/t25-,30?,31?/m0/s1. The molecule has 0 aliphatic rings. The zero-order chi connectivity index (χ0) is 35.1. The smallest absolute Gasteiger partial charge is 0.401 e. The summed E-state index contributed by atoms with van der Waals surface area (Å²) in [6.45, 7) is 18.4. The fourth-order valence-electron chi connectivity index (χ4n) is 4.25. The van der Waals surface area contributed by atoms with E-state index in [4.69, 9.17) is 62.6 Å². The molecule has 0 aromatic heterocycles. The lowest BCUT2D eigenvalue weighted by atomic mass is 10.1. The number of ether oxygens (including phenoxy) is 12. The van der Waals surface area contributed by atoms with Gasteiger partial charge in [-0.05, 0) is 74.7 Å². The van der Waals surface area contributed by atoms with Crippen molar-refractivity contribution in [3.05, 3.63) is 0 Å². The number of rotatable bonds is 30. The summed E-state index contributed by atoms with van der Waals surface area (Å²) in [5.74, 6) is -10.4. The maximum Gasteiger partial charge on any atom is 0.416 e. The number of hydrogen-bond acceptors (Lipinski definition) is 15. The lowest BCUT2D eigenvalue weighted by Crippen LogP contribution is -2.65. The van der Waals surface area contributed by atoms with Gasteiger partial charge < -0.3 is 62.6 Å². The highest BCUT2D eigenvalue weighted by molar-refractivity contribution is 5.77. The summed E-state index contributed by atoms with van der Waals surface area (Å²) in [5.41, 5.74) is 6.24. The second kappa shape index (κ2) is 23.8. The molecule has 0 rings (SSSR count). The van der Waals surface area contributed by atoms with Gasteiger partial charge in [-0.1, -0.05) is 13.8 Å². The van der Waals surface area contributed by atoms with Crippen LogP contribution in [0.4, 0.5) is 0 Å². The van der Waals surface area contributed by atoms with Gasteiger partial charge in [0.15, 0.2) is 0 Å². The molecule has 0 bridgehead atoms. The van der Waals surface area contributed by atoms with Gasteiger partial charge in [0.1, 0.15) is 6.04 Å². The summed E-state index contributed by atoms with van der Waals surface area (Å²) in [6.07, 6.45) is 0.530. The molecule has 0 aliphatic carbocycles. The first-order valence-corrected chi connectivity index (χ1v) is 16.6. The van der Waals surface area contributed by atoms with E-state index in [9.17, 15) is 9.59 Å². The number of hydrogen-bond donors (Lipinski definition) is 1. The number of carbonyl (C=O) groups is 2. The van der Waals surface area contributed by atoms with Crippen molar-refractivity contribution in [1.82, 2.24) is 0 Å². The fourth-order valence-corrected chi connectivity index (χ4v) is 4.25. The quantitative estimate of drug-likeness (QED) is 0.0859. The van der Waals surface area contributed by atoms with Crippen LogP contribution in [0.25, 0.3) is 0 Å². The molecule has 46 heavy (non-hydrogen) atoms. The predicted molar refractivity (Wildman–Crippen MR) is 166 cm³/mol. The van der Waals surface area contributed by atoms with Gasteiger partial charge in [-0.3, -0.25) is 9.59 Å². The van der Waals surface area contributed by atoms with E-state index >= 15 is 0 Å². The summed E-state index contributed by atoms with van der Waals surface area (Å²) in [5, 5.41) is 0. The minimum Gasteiger partial charge on any atom is -0.401 e. The van der Waals surface area contributed by atoms with Crippen molar-refractivity contribution in [2.24, 2.45) is 5.73 Å². The van der Waals surface area contributed by atoms with E-state index in [1.54, 1.807) is 55.4 Å². The third kappa shape index (κ3) is 12.2. The average Bonchev–Trinajstić information content (AvgIpc) is 3.02. The Balaban J connectivity index is 6.33. The SMILES string of the molecule is CCCOC(OCC)(OC(=O)CC[C@H](N)C(=O)OC(OCC)(OCCC)C(OCC)(OCC)OCC)C(OCC)(OCC)OCC. The Kier molecular flexibility index (Phi) is 23.0. The molecule has 0 amide bonds. The van der Waals surface area contributed by atoms with Crippen LogP contribution >= 0.6 is 0 Å². The van der Waals surface area contributed by atoms with E-state index in [1.807, 2.05) is 13.8 Å². The molecule has 0 heterocycles. The Labute approximate surface area is 275 Å². The van der Waals surface area contributed by atoms with Crippen molar-refractivity contribution >= 4 is 11.9 Å². The highest BCUT2D eigenvalue weighted by atomic mass is 17.0. The first kappa shape index (κ1) is 44.5. The molecule has 0 saturated carbocycles. The lowest BCUT2D eigenvalue weighted by molar-refractivity contribution is -0.550. The average molecular weight is 672 g/mol. The second-order valence-corrected chi connectivity index (χ2v) is 9.43. The monoisotopic (exact) mass is 671 g/mol. The van der Waals surface area contributed by atoms with Crippen LogP contribution in [0.5, 0.6) is 0 Å². The maximum absolute atomic E-state index is 13.5. The van der Waals surface area contributed by atoms with Gasteiger partial charge in [0, 0.05) is 46.1 Å². The lowest BCUT2D eigenvalue weighted by Gasteiger charge is -2.45. The molecule has 0 radical (unpaired) electrons. The van der Waals surface area contributed by atoms with Gasteiger partial charge >= 0.3 is 35.8 Å². The van der Waals surface area contributed by atoms with Crippen molar-refractivity contribution < 1.29 is 66.4 Å². The van der Waals surface area contributed by atoms with E-state index in [0.717, 1.165) is 0 Å². The minimum absolute atomic E-state index is 0.0338. The Hall–Kier alpha value is -1.50. The van der Waals surface area contributed by atoms with Crippen LogP contribution in [0.3, 0.4) is 0 Å². The number of esters is 2. The molecule has 0 aromatic rings. The summed E-state index contributed by atoms with van der Waals surface area (Å²) in [6, 6.07) is -1.34. The van der Waals surface area contributed by atoms with Gasteiger partial charge in [0.2, 0.25) is 0 Å². The van der Waals surface area contributed by atoms with E-state index < -0.39 is 41.9 Å².